The van der Waals surface area contributed by atoms with Gasteiger partial charge in [0.1, 0.15) is 0 Å². The molecular weight excluding hydrogens is 256 g/mol. The van der Waals surface area contributed by atoms with Crippen molar-refractivity contribution >= 4 is 21.9 Å². The number of carboxylic acid groups (broad SMARTS) is 1. The van der Waals surface area contributed by atoms with Gasteiger partial charge in [0.25, 0.3) is 0 Å². The van der Waals surface area contributed by atoms with Crippen molar-refractivity contribution in [2.75, 3.05) is 0 Å². The standard InChI is InChI=1S/C12H15BrO2/c1-12(2,3)7-8-4-5-10(13)9(6-8)11(14)15/h4-6H,7H2,1-3H3,(H,14,15). The van der Waals surface area contributed by atoms with E-state index in [0.717, 1.165) is 12.0 Å². The Bertz CT molecular complexity index is 378. The second-order valence-corrected chi connectivity index (χ2v) is 5.71. The summed E-state index contributed by atoms with van der Waals surface area (Å²) in [5.41, 5.74) is 1.56. The minimum atomic E-state index is -0.891. The van der Waals surface area contributed by atoms with Gasteiger partial charge < -0.3 is 5.11 Å². The van der Waals surface area contributed by atoms with Gasteiger partial charge in [-0.25, -0.2) is 4.79 Å². The van der Waals surface area contributed by atoms with E-state index in [-0.39, 0.29) is 5.41 Å². The third kappa shape index (κ3) is 3.67. The lowest BCUT2D eigenvalue weighted by atomic mass is 9.88. The molecule has 1 aromatic rings. The molecule has 1 N–H and O–H groups in total. The first kappa shape index (κ1) is 12.2. The van der Waals surface area contributed by atoms with Gasteiger partial charge in [-0.15, -0.1) is 0 Å². The molecule has 82 valence electrons. The first-order valence-electron chi connectivity index (χ1n) is 4.81. The van der Waals surface area contributed by atoms with Crippen LogP contribution < -0.4 is 0 Å². The minimum Gasteiger partial charge on any atom is -0.478 e. The summed E-state index contributed by atoms with van der Waals surface area (Å²) < 4.78 is 0.632. The monoisotopic (exact) mass is 270 g/mol. The molecule has 0 aliphatic carbocycles. The van der Waals surface area contributed by atoms with E-state index in [2.05, 4.69) is 36.7 Å². The molecule has 0 aliphatic rings. The maximum absolute atomic E-state index is 10.9. The maximum Gasteiger partial charge on any atom is 0.336 e. The molecule has 15 heavy (non-hydrogen) atoms. The summed E-state index contributed by atoms with van der Waals surface area (Å²) in [4.78, 5) is 10.9. The van der Waals surface area contributed by atoms with Crippen LogP contribution in [0.15, 0.2) is 22.7 Å². The highest BCUT2D eigenvalue weighted by atomic mass is 79.9. The first-order valence-corrected chi connectivity index (χ1v) is 5.60. The van der Waals surface area contributed by atoms with E-state index < -0.39 is 5.97 Å². The average molecular weight is 271 g/mol. The second-order valence-electron chi connectivity index (χ2n) is 4.86. The Hall–Kier alpha value is -0.830. The van der Waals surface area contributed by atoms with Gasteiger partial charge in [-0.2, -0.15) is 0 Å². The number of aromatic carboxylic acids is 1. The highest BCUT2D eigenvalue weighted by Crippen LogP contribution is 2.24. The number of hydrogen-bond acceptors (Lipinski definition) is 1. The van der Waals surface area contributed by atoms with Crippen LogP contribution in [0.4, 0.5) is 0 Å². The molecule has 0 atom stereocenters. The molecule has 0 aromatic heterocycles. The van der Waals surface area contributed by atoms with E-state index in [0.29, 0.717) is 10.0 Å². The SMILES string of the molecule is CC(C)(C)Cc1ccc(Br)c(C(=O)O)c1. The van der Waals surface area contributed by atoms with Crippen molar-refractivity contribution in [1.29, 1.82) is 0 Å². The van der Waals surface area contributed by atoms with E-state index in [1.165, 1.54) is 0 Å². The molecule has 2 nitrogen and oxygen atoms in total. The second kappa shape index (κ2) is 4.35. The third-order valence-corrected chi connectivity index (χ3v) is 2.69. The number of rotatable bonds is 2. The highest BCUT2D eigenvalue weighted by molar-refractivity contribution is 9.10. The van der Waals surface area contributed by atoms with Crippen LogP contribution >= 0.6 is 15.9 Å². The molecule has 0 aliphatic heterocycles. The van der Waals surface area contributed by atoms with Crippen LogP contribution in [0, 0.1) is 5.41 Å². The van der Waals surface area contributed by atoms with Crippen molar-refractivity contribution in [2.45, 2.75) is 27.2 Å². The molecule has 0 saturated carbocycles. The number of benzene rings is 1. The van der Waals surface area contributed by atoms with Gasteiger partial charge in [0, 0.05) is 4.47 Å². The van der Waals surface area contributed by atoms with Crippen molar-refractivity contribution in [3.8, 4) is 0 Å². The van der Waals surface area contributed by atoms with Crippen LogP contribution in [0.2, 0.25) is 0 Å². The molecule has 0 amide bonds. The molecule has 0 unspecified atom stereocenters. The summed E-state index contributed by atoms with van der Waals surface area (Å²) in [6, 6.07) is 5.49. The summed E-state index contributed by atoms with van der Waals surface area (Å²) >= 11 is 3.23. The lowest BCUT2D eigenvalue weighted by molar-refractivity contribution is 0.0695. The zero-order valence-corrected chi connectivity index (χ0v) is 10.8. The molecular formula is C12H15BrO2. The first-order chi connectivity index (χ1) is 6.79. The largest absolute Gasteiger partial charge is 0.478 e. The van der Waals surface area contributed by atoms with Crippen molar-refractivity contribution in [3.63, 3.8) is 0 Å². The van der Waals surface area contributed by atoms with Gasteiger partial charge in [0.2, 0.25) is 0 Å². The number of carboxylic acids is 1. The molecule has 1 aromatic carbocycles. The van der Waals surface area contributed by atoms with Gasteiger partial charge in [-0.3, -0.25) is 0 Å². The Morgan fingerprint density at radius 2 is 2.00 bits per heavy atom. The van der Waals surface area contributed by atoms with Gasteiger partial charge in [-0.05, 0) is 45.5 Å². The molecule has 0 spiro atoms. The number of halogens is 1. The molecule has 0 radical (unpaired) electrons. The van der Waals surface area contributed by atoms with Crippen molar-refractivity contribution < 1.29 is 9.90 Å². The predicted molar refractivity (Wildman–Crippen MR) is 64.3 cm³/mol. The van der Waals surface area contributed by atoms with Crippen molar-refractivity contribution in [1.82, 2.24) is 0 Å². The number of carbonyl (C=O) groups is 1. The third-order valence-electron chi connectivity index (χ3n) is 2.00. The Labute approximate surface area is 98.4 Å². The van der Waals surface area contributed by atoms with Crippen LogP contribution in [-0.2, 0) is 6.42 Å². The summed E-state index contributed by atoms with van der Waals surface area (Å²) in [6.45, 7) is 6.40. The molecule has 1 rings (SSSR count). The van der Waals surface area contributed by atoms with Crippen LogP contribution in [0.3, 0.4) is 0 Å². The van der Waals surface area contributed by atoms with E-state index in [1.807, 2.05) is 6.07 Å². The molecule has 0 heterocycles. The highest BCUT2D eigenvalue weighted by Gasteiger charge is 2.14. The van der Waals surface area contributed by atoms with Gasteiger partial charge in [-0.1, -0.05) is 26.8 Å². The van der Waals surface area contributed by atoms with E-state index in [1.54, 1.807) is 12.1 Å². The zero-order valence-electron chi connectivity index (χ0n) is 9.17. The van der Waals surface area contributed by atoms with Crippen molar-refractivity contribution in [2.24, 2.45) is 5.41 Å². The Balaban J connectivity index is 3.03. The van der Waals surface area contributed by atoms with Crippen molar-refractivity contribution in [3.05, 3.63) is 33.8 Å². The lowest BCUT2D eigenvalue weighted by Crippen LogP contribution is -2.10. The minimum absolute atomic E-state index is 0.170. The summed E-state index contributed by atoms with van der Waals surface area (Å²) in [6.07, 6.45) is 0.876. The summed E-state index contributed by atoms with van der Waals surface area (Å²) in [7, 11) is 0. The van der Waals surface area contributed by atoms with Gasteiger partial charge in [0.05, 0.1) is 5.56 Å². The Kier molecular flexibility index (Phi) is 3.55. The quantitative estimate of drug-likeness (QED) is 0.889. The normalized spacial score (nSPS) is 11.5. The van der Waals surface area contributed by atoms with Gasteiger partial charge in [0.15, 0.2) is 0 Å². The zero-order chi connectivity index (χ0) is 11.6. The average Bonchev–Trinajstić information content (AvgIpc) is 2.05. The number of hydrogen-bond donors (Lipinski definition) is 1. The predicted octanol–water partition coefficient (Wildman–Crippen LogP) is 3.74. The topological polar surface area (TPSA) is 37.3 Å². The molecule has 0 saturated heterocycles. The van der Waals surface area contributed by atoms with E-state index in [9.17, 15) is 4.79 Å². The van der Waals surface area contributed by atoms with E-state index >= 15 is 0 Å². The fraction of sp³-hybridized carbons (Fsp3) is 0.417. The maximum atomic E-state index is 10.9. The lowest BCUT2D eigenvalue weighted by Gasteiger charge is -2.18. The molecule has 3 heteroatoms. The molecule has 0 fully saturated rings. The smallest absolute Gasteiger partial charge is 0.336 e. The van der Waals surface area contributed by atoms with Crippen LogP contribution in [0.1, 0.15) is 36.7 Å². The Morgan fingerprint density at radius 3 is 2.47 bits per heavy atom. The van der Waals surface area contributed by atoms with Crippen LogP contribution in [0.25, 0.3) is 0 Å². The fourth-order valence-corrected chi connectivity index (χ4v) is 1.87. The fourth-order valence-electron chi connectivity index (χ4n) is 1.46. The van der Waals surface area contributed by atoms with Crippen LogP contribution in [-0.4, -0.2) is 11.1 Å². The molecule has 0 bridgehead atoms. The Morgan fingerprint density at radius 1 is 1.40 bits per heavy atom. The van der Waals surface area contributed by atoms with Gasteiger partial charge >= 0.3 is 5.97 Å². The summed E-state index contributed by atoms with van der Waals surface area (Å²) in [5, 5.41) is 8.96. The summed E-state index contributed by atoms with van der Waals surface area (Å²) in [5.74, 6) is -0.891. The van der Waals surface area contributed by atoms with E-state index in [4.69, 9.17) is 5.11 Å². The van der Waals surface area contributed by atoms with Crippen LogP contribution in [0.5, 0.6) is 0 Å².